The molecule has 0 radical (unpaired) electrons. The van der Waals surface area contributed by atoms with Gasteiger partial charge in [-0.1, -0.05) is 26.7 Å². The molecule has 2 N–H and O–H groups in total. The number of hydrogen-bond acceptors (Lipinski definition) is 3. The van der Waals surface area contributed by atoms with Crippen molar-refractivity contribution in [2.45, 2.75) is 52.5 Å². The summed E-state index contributed by atoms with van der Waals surface area (Å²) >= 11 is 0. The fraction of sp³-hybridized carbons (Fsp3) is 0.588. The Balaban J connectivity index is 2.28. The summed E-state index contributed by atoms with van der Waals surface area (Å²) in [5, 5.41) is 0. The lowest BCUT2D eigenvalue weighted by Crippen LogP contribution is -2.36. The third kappa shape index (κ3) is 3.33. The fourth-order valence-electron chi connectivity index (χ4n) is 3.12. The van der Waals surface area contributed by atoms with Gasteiger partial charge in [0, 0.05) is 29.5 Å². The highest BCUT2D eigenvalue weighted by Crippen LogP contribution is 2.31. The van der Waals surface area contributed by atoms with E-state index in [9.17, 15) is 4.79 Å². The van der Waals surface area contributed by atoms with Crippen molar-refractivity contribution in [1.82, 2.24) is 0 Å². The first kappa shape index (κ1) is 14.9. The molecule has 110 valence electrons. The van der Waals surface area contributed by atoms with Crippen LogP contribution in [-0.2, 0) is 0 Å². The predicted octanol–water partition coefficient (Wildman–Crippen LogP) is 3.88. The molecule has 1 aromatic carbocycles. The summed E-state index contributed by atoms with van der Waals surface area (Å²) in [7, 11) is 0. The molecule has 3 nitrogen and oxygen atoms in total. The first-order valence-electron chi connectivity index (χ1n) is 7.66. The van der Waals surface area contributed by atoms with Crippen molar-refractivity contribution in [3.8, 4) is 0 Å². The highest BCUT2D eigenvalue weighted by Gasteiger charge is 2.24. The van der Waals surface area contributed by atoms with E-state index in [4.69, 9.17) is 5.73 Å². The Kier molecular flexibility index (Phi) is 4.69. The Bertz CT molecular complexity index is 476. The second-order valence-corrected chi connectivity index (χ2v) is 6.31. The molecule has 0 aromatic heterocycles. The lowest BCUT2D eigenvalue weighted by molar-refractivity contribution is 0.101. The smallest absolute Gasteiger partial charge is 0.161 e. The largest absolute Gasteiger partial charge is 0.398 e. The predicted molar refractivity (Wildman–Crippen MR) is 85.3 cm³/mol. The van der Waals surface area contributed by atoms with Crippen LogP contribution in [0.3, 0.4) is 0 Å². The van der Waals surface area contributed by atoms with Crippen LogP contribution in [0.5, 0.6) is 0 Å². The normalized spacial score (nSPS) is 15.8. The van der Waals surface area contributed by atoms with E-state index in [0.29, 0.717) is 23.2 Å². The van der Waals surface area contributed by atoms with Crippen molar-refractivity contribution in [3.05, 3.63) is 23.8 Å². The number of anilines is 2. The van der Waals surface area contributed by atoms with Crippen molar-refractivity contribution in [2.24, 2.45) is 5.92 Å². The van der Waals surface area contributed by atoms with Gasteiger partial charge in [-0.05, 0) is 43.9 Å². The van der Waals surface area contributed by atoms with Gasteiger partial charge in [0.2, 0.25) is 0 Å². The van der Waals surface area contributed by atoms with Gasteiger partial charge in [-0.25, -0.2) is 0 Å². The van der Waals surface area contributed by atoms with E-state index in [1.165, 1.54) is 25.7 Å². The summed E-state index contributed by atoms with van der Waals surface area (Å²) in [5.74, 6) is 0.648. The summed E-state index contributed by atoms with van der Waals surface area (Å²) in [6.07, 6.45) is 5.17. The molecule has 0 amide bonds. The highest BCUT2D eigenvalue weighted by atomic mass is 16.1. The minimum atomic E-state index is 0.0327. The van der Waals surface area contributed by atoms with Crippen LogP contribution in [0.15, 0.2) is 18.2 Å². The number of Topliss-reactive ketones (excluding diaryl/α,β-unsaturated/α-hetero) is 1. The average molecular weight is 274 g/mol. The van der Waals surface area contributed by atoms with Crippen LogP contribution >= 0.6 is 0 Å². The van der Waals surface area contributed by atoms with Gasteiger partial charge < -0.3 is 10.6 Å². The lowest BCUT2D eigenvalue weighted by Gasteiger charge is -2.33. The number of nitrogen functional groups attached to an aromatic ring is 1. The molecule has 1 saturated carbocycles. The first-order chi connectivity index (χ1) is 9.49. The quantitative estimate of drug-likeness (QED) is 0.655. The maximum atomic E-state index is 11.5. The second kappa shape index (κ2) is 6.29. The van der Waals surface area contributed by atoms with Crippen LogP contribution in [0.1, 0.15) is 56.8 Å². The Morgan fingerprint density at radius 3 is 2.50 bits per heavy atom. The summed E-state index contributed by atoms with van der Waals surface area (Å²) in [6, 6.07) is 6.51. The highest BCUT2D eigenvalue weighted by molar-refractivity contribution is 5.99. The Morgan fingerprint density at radius 2 is 2.00 bits per heavy atom. The molecular weight excluding hydrogens is 248 g/mol. The van der Waals surface area contributed by atoms with Crippen LogP contribution in [0, 0.1) is 5.92 Å². The Morgan fingerprint density at radius 1 is 1.35 bits per heavy atom. The monoisotopic (exact) mass is 274 g/mol. The van der Waals surface area contributed by atoms with Crippen LogP contribution in [0.2, 0.25) is 0 Å². The van der Waals surface area contributed by atoms with Gasteiger partial charge in [0.05, 0.1) is 0 Å². The van der Waals surface area contributed by atoms with Crippen LogP contribution in [-0.4, -0.2) is 18.4 Å². The molecule has 0 atom stereocenters. The number of rotatable bonds is 5. The SMILES string of the molecule is CC(=O)c1ccc(N(CC(C)C)C2CCCC2)cc1N. The molecule has 1 aromatic rings. The molecule has 0 aliphatic heterocycles. The molecule has 3 heteroatoms. The van der Waals surface area contributed by atoms with Gasteiger partial charge in [-0.15, -0.1) is 0 Å². The molecule has 20 heavy (non-hydrogen) atoms. The maximum Gasteiger partial charge on any atom is 0.161 e. The van der Waals surface area contributed by atoms with Crippen molar-refractivity contribution in [2.75, 3.05) is 17.2 Å². The topological polar surface area (TPSA) is 46.3 Å². The van der Waals surface area contributed by atoms with Crippen LogP contribution < -0.4 is 10.6 Å². The molecule has 0 spiro atoms. The number of benzene rings is 1. The van der Waals surface area contributed by atoms with E-state index in [0.717, 1.165) is 12.2 Å². The summed E-state index contributed by atoms with van der Waals surface area (Å²) < 4.78 is 0. The van der Waals surface area contributed by atoms with Gasteiger partial charge in [-0.3, -0.25) is 4.79 Å². The zero-order valence-electron chi connectivity index (χ0n) is 12.9. The minimum absolute atomic E-state index is 0.0327. The molecule has 0 bridgehead atoms. The van der Waals surface area contributed by atoms with Gasteiger partial charge in [0.15, 0.2) is 5.78 Å². The summed E-state index contributed by atoms with van der Waals surface area (Å²) in [4.78, 5) is 14.0. The lowest BCUT2D eigenvalue weighted by atomic mass is 10.1. The molecule has 0 heterocycles. The average Bonchev–Trinajstić information content (AvgIpc) is 2.88. The van der Waals surface area contributed by atoms with Crippen molar-refractivity contribution in [3.63, 3.8) is 0 Å². The number of ketones is 1. The summed E-state index contributed by atoms with van der Waals surface area (Å²) in [6.45, 7) is 7.10. The molecule has 0 unspecified atom stereocenters. The first-order valence-corrected chi connectivity index (χ1v) is 7.66. The molecule has 1 aliphatic carbocycles. The van der Waals surface area contributed by atoms with E-state index >= 15 is 0 Å². The molecule has 1 fully saturated rings. The second-order valence-electron chi connectivity index (χ2n) is 6.31. The molecular formula is C17H26N2O. The van der Waals surface area contributed by atoms with E-state index in [2.05, 4.69) is 18.7 Å². The number of hydrogen-bond donors (Lipinski definition) is 1. The van der Waals surface area contributed by atoms with Crippen LogP contribution in [0.4, 0.5) is 11.4 Å². The fourth-order valence-corrected chi connectivity index (χ4v) is 3.12. The van der Waals surface area contributed by atoms with E-state index in [1.54, 1.807) is 6.92 Å². The van der Waals surface area contributed by atoms with Crippen molar-refractivity contribution >= 4 is 17.2 Å². The number of carbonyl (C=O) groups excluding carboxylic acids is 1. The number of nitrogens with two attached hydrogens (primary N) is 1. The van der Waals surface area contributed by atoms with Gasteiger partial charge >= 0.3 is 0 Å². The van der Waals surface area contributed by atoms with E-state index < -0.39 is 0 Å². The zero-order chi connectivity index (χ0) is 14.7. The minimum Gasteiger partial charge on any atom is -0.398 e. The third-order valence-corrected chi connectivity index (χ3v) is 4.07. The Hall–Kier alpha value is -1.51. The third-order valence-electron chi connectivity index (χ3n) is 4.07. The molecule has 2 rings (SSSR count). The van der Waals surface area contributed by atoms with Crippen molar-refractivity contribution in [1.29, 1.82) is 0 Å². The van der Waals surface area contributed by atoms with Gasteiger partial charge in [0.25, 0.3) is 0 Å². The van der Waals surface area contributed by atoms with Crippen LogP contribution in [0.25, 0.3) is 0 Å². The number of carbonyl (C=O) groups is 1. The molecule has 0 saturated heterocycles. The maximum absolute atomic E-state index is 11.5. The zero-order valence-corrected chi connectivity index (χ0v) is 12.9. The molecule has 1 aliphatic rings. The van der Waals surface area contributed by atoms with Gasteiger partial charge in [0.1, 0.15) is 0 Å². The number of nitrogens with zero attached hydrogens (tertiary/aromatic N) is 1. The standard InChI is InChI=1S/C17H26N2O/c1-12(2)11-19(14-6-4-5-7-14)15-8-9-16(13(3)20)17(18)10-15/h8-10,12,14H,4-7,11,18H2,1-3H3. The Labute approximate surface area is 122 Å². The summed E-state index contributed by atoms with van der Waals surface area (Å²) in [5.41, 5.74) is 8.43. The van der Waals surface area contributed by atoms with Crippen molar-refractivity contribution < 1.29 is 4.79 Å². The van der Waals surface area contributed by atoms with E-state index in [-0.39, 0.29) is 5.78 Å². The van der Waals surface area contributed by atoms with E-state index in [1.807, 2.05) is 18.2 Å². The van der Waals surface area contributed by atoms with Gasteiger partial charge in [-0.2, -0.15) is 0 Å².